The second kappa shape index (κ2) is 6.84. The Kier molecular flexibility index (Phi) is 4.56. The van der Waals surface area contributed by atoms with Crippen LogP contribution in [0.1, 0.15) is 25.0 Å². The number of carbonyl (C=O) groups is 1. The number of benzene rings is 1. The third kappa shape index (κ3) is 3.60. The van der Waals surface area contributed by atoms with Crippen molar-refractivity contribution in [3.05, 3.63) is 41.2 Å². The molecule has 2 saturated heterocycles. The molecule has 0 aliphatic carbocycles. The first-order valence-corrected chi connectivity index (χ1v) is 9.70. The number of nitrogens with one attached hydrogen (secondary N) is 1. The monoisotopic (exact) mass is 359 g/mol. The van der Waals surface area contributed by atoms with Gasteiger partial charge in [-0.1, -0.05) is 12.1 Å². The number of rotatable bonds is 3. The Balaban J connectivity index is 1.37. The highest BCUT2D eigenvalue weighted by atomic mass is 32.1. The molecule has 1 amide bonds. The minimum atomic E-state index is -0.269. The summed E-state index contributed by atoms with van der Waals surface area (Å²) in [5.74, 6) is -0.120. The van der Waals surface area contributed by atoms with Crippen LogP contribution in [-0.2, 0) is 11.2 Å². The molecule has 0 bridgehead atoms. The fourth-order valence-electron chi connectivity index (χ4n) is 3.86. The lowest BCUT2D eigenvalue weighted by Crippen LogP contribution is -2.44. The average molecular weight is 359 g/mol. The molecule has 25 heavy (non-hydrogen) atoms. The van der Waals surface area contributed by atoms with E-state index >= 15 is 0 Å². The molecule has 1 aromatic carbocycles. The molecule has 6 heteroatoms. The van der Waals surface area contributed by atoms with Crippen LogP contribution in [0, 0.1) is 11.2 Å². The fraction of sp³-hybridized carbons (Fsp3) is 0.474. The van der Waals surface area contributed by atoms with E-state index in [-0.39, 0.29) is 11.7 Å². The van der Waals surface area contributed by atoms with Gasteiger partial charge in [0.15, 0.2) is 0 Å². The third-order valence-corrected chi connectivity index (χ3v) is 6.40. The van der Waals surface area contributed by atoms with E-state index in [1.807, 2.05) is 16.3 Å². The molecule has 0 radical (unpaired) electrons. The summed E-state index contributed by atoms with van der Waals surface area (Å²) in [4.78, 5) is 19.1. The van der Waals surface area contributed by atoms with Crippen molar-refractivity contribution in [3.8, 4) is 10.6 Å². The SMILES string of the molecule is O=C(Cc1csc(-c2cccc(F)c2)n1)N1CCC2(CCNC2)CC1. The number of amides is 1. The zero-order valence-electron chi connectivity index (χ0n) is 14.1. The standard InChI is InChI=1S/C19H22FN3OS/c20-15-3-1-2-14(10-15)18-22-16(12-25-18)11-17(24)23-8-5-19(6-9-23)4-7-21-13-19/h1-3,10,12,21H,4-9,11,13H2. The quantitative estimate of drug-likeness (QED) is 0.916. The van der Waals surface area contributed by atoms with E-state index in [1.165, 1.54) is 29.9 Å². The number of hydrogen-bond acceptors (Lipinski definition) is 4. The highest BCUT2D eigenvalue weighted by Crippen LogP contribution is 2.37. The maximum atomic E-state index is 13.3. The largest absolute Gasteiger partial charge is 0.342 e. The van der Waals surface area contributed by atoms with Crippen molar-refractivity contribution in [3.63, 3.8) is 0 Å². The number of piperidine rings is 1. The molecule has 1 N–H and O–H groups in total. The maximum Gasteiger partial charge on any atom is 0.228 e. The average Bonchev–Trinajstić information content (AvgIpc) is 3.26. The predicted molar refractivity (Wildman–Crippen MR) is 96.9 cm³/mol. The lowest BCUT2D eigenvalue weighted by atomic mass is 9.78. The van der Waals surface area contributed by atoms with Crippen LogP contribution < -0.4 is 5.32 Å². The van der Waals surface area contributed by atoms with Crippen LogP contribution in [0.4, 0.5) is 4.39 Å². The summed E-state index contributed by atoms with van der Waals surface area (Å²) in [6.45, 7) is 3.90. The van der Waals surface area contributed by atoms with Crippen molar-refractivity contribution in [2.75, 3.05) is 26.2 Å². The van der Waals surface area contributed by atoms with E-state index < -0.39 is 0 Å². The van der Waals surface area contributed by atoms with Gasteiger partial charge in [-0.25, -0.2) is 9.37 Å². The summed E-state index contributed by atoms with van der Waals surface area (Å²) in [5, 5.41) is 6.12. The molecular weight excluding hydrogens is 337 g/mol. The van der Waals surface area contributed by atoms with E-state index in [4.69, 9.17) is 0 Å². The van der Waals surface area contributed by atoms with Crippen LogP contribution in [0.25, 0.3) is 10.6 Å². The van der Waals surface area contributed by atoms with Gasteiger partial charge < -0.3 is 10.2 Å². The lowest BCUT2D eigenvalue weighted by molar-refractivity contribution is -0.132. The maximum absolute atomic E-state index is 13.3. The number of thiazole rings is 1. The van der Waals surface area contributed by atoms with Gasteiger partial charge in [0, 0.05) is 30.6 Å². The molecule has 4 nitrogen and oxygen atoms in total. The van der Waals surface area contributed by atoms with Gasteiger partial charge >= 0.3 is 0 Å². The van der Waals surface area contributed by atoms with Crippen molar-refractivity contribution in [2.45, 2.75) is 25.7 Å². The highest BCUT2D eigenvalue weighted by molar-refractivity contribution is 7.13. The van der Waals surface area contributed by atoms with Crippen LogP contribution in [0.5, 0.6) is 0 Å². The lowest BCUT2D eigenvalue weighted by Gasteiger charge is -2.38. The first kappa shape index (κ1) is 16.7. The first-order chi connectivity index (χ1) is 12.1. The minimum absolute atomic E-state index is 0.150. The molecule has 2 aliphatic rings. The summed E-state index contributed by atoms with van der Waals surface area (Å²) < 4.78 is 13.3. The Bertz CT molecular complexity index is 760. The number of carbonyl (C=O) groups excluding carboxylic acids is 1. The van der Waals surface area contributed by atoms with Crippen LogP contribution in [0.3, 0.4) is 0 Å². The Morgan fingerprint density at radius 2 is 2.16 bits per heavy atom. The summed E-state index contributed by atoms with van der Waals surface area (Å²) in [6, 6.07) is 6.42. The van der Waals surface area contributed by atoms with Crippen molar-refractivity contribution < 1.29 is 9.18 Å². The van der Waals surface area contributed by atoms with E-state index in [0.29, 0.717) is 11.8 Å². The van der Waals surface area contributed by atoms with E-state index in [2.05, 4.69) is 10.3 Å². The molecular formula is C19H22FN3OS. The summed E-state index contributed by atoms with van der Waals surface area (Å²) in [7, 11) is 0. The molecule has 2 aliphatic heterocycles. The minimum Gasteiger partial charge on any atom is -0.342 e. The van der Waals surface area contributed by atoms with E-state index in [0.717, 1.165) is 55.3 Å². The smallest absolute Gasteiger partial charge is 0.228 e. The number of halogens is 1. The molecule has 1 spiro atoms. The molecule has 132 valence electrons. The van der Waals surface area contributed by atoms with Gasteiger partial charge in [-0.2, -0.15) is 0 Å². The second-order valence-corrected chi connectivity index (χ2v) is 8.00. The van der Waals surface area contributed by atoms with Gasteiger partial charge in [0.05, 0.1) is 12.1 Å². The summed E-state index contributed by atoms with van der Waals surface area (Å²) >= 11 is 1.46. The van der Waals surface area contributed by atoms with Gasteiger partial charge in [0.2, 0.25) is 5.91 Å². The van der Waals surface area contributed by atoms with E-state index in [9.17, 15) is 9.18 Å². The van der Waals surface area contributed by atoms with Crippen LogP contribution in [0.2, 0.25) is 0 Å². The fourth-order valence-corrected chi connectivity index (χ4v) is 4.68. The van der Waals surface area contributed by atoms with Crippen LogP contribution >= 0.6 is 11.3 Å². The summed E-state index contributed by atoms with van der Waals surface area (Å²) in [5.41, 5.74) is 1.96. The van der Waals surface area contributed by atoms with Crippen molar-refractivity contribution in [2.24, 2.45) is 5.41 Å². The van der Waals surface area contributed by atoms with Crippen molar-refractivity contribution >= 4 is 17.2 Å². The second-order valence-electron chi connectivity index (χ2n) is 7.14. The molecule has 0 saturated carbocycles. The Labute approximate surface area is 151 Å². The Hall–Kier alpha value is -1.79. The molecule has 0 unspecified atom stereocenters. The van der Waals surface area contributed by atoms with Gasteiger partial charge in [-0.3, -0.25) is 4.79 Å². The van der Waals surface area contributed by atoms with Crippen LogP contribution in [0.15, 0.2) is 29.6 Å². The van der Waals surface area contributed by atoms with Crippen molar-refractivity contribution in [1.29, 1.82) is 0 Å². The summed E-state index contributed by atoms with van der Waals surface area (Å²) in [6.07, 6.45) is 3.75. The van der Waals surface area contributed by atoms with Gasteiger partial charge in [0.1, 0.15) is 10.8 Å². The Morgan fingerprint density at radius 3 is 2.88 bits per heavy atom. The van der Waals surface area contributed by atoms with Crippen LogP contribution in [-0.4, -0.2) is 42.0 Å². The number of aromatic nitrogens is 1. The molecule has 2 aromatic rings. The zero-order chi connectivity index (χ0) is 17.3. The number of likely N-dealkylation sites (tertiary alicyclic amines) is 1. The molecule has 1 aromatic heterocycles. The van der Waals surface area contributed by atoms with E-state index in [1.54, 1.807) is 6.07 Å². The van der Waals surface area contributed by atoms with Gasteiger partial charge in [-0.05, 0) is 43.4 Å². The molecule has 3 heterocycles. The zero-order valence-corrected chi connectivity index (χ0v) is 14.9. The first-order valence-electron chi connectivity index (χ1n) is 8.82. The van der Waals surface area contributed by atoms with Gasteiger partial charge in [-0.15, -0.1) is 11.3 Å². The van der Waals surface area contributed by atoms with Crippen molar-refractivity contribution in [1.82, 2.24) is 15.2 Å². The third-order valence-electron chi connectivity index (χ3n) is 5.46. The van der Waals surface area contributed by atoms with Gasteiger partial charge in [0.25, 0.3) is 0 Å². The predicted octanol–water partition coefficient (Wildman–Crippen LogP) is 3.09. The number of nitrogens with zero attached hydrogens (tertiary/aromatic N) is 2. The normalized spacial score (nSPS) is 19.5. The molecule has 0 atom stereocenters. The number of hydrogen-bond donors (Lipinski definition) is 1. The topological polar surface area (TPSA) is 45.2 Å². The molecule has 4 rings (SSSR count). The Morgan fingerprint density at radius 1 is 1.32 bits per heavy atom. The highest BCUT2D eigenvalue weighted by Gasteiger charge is 2.37. The molecule has 2 fully saturated rings.